The van der Waals surface area contributed by atoms with Gasteiger partial charge in [-0.25, -0.2) is 12.8 Å². The van der Waals surface area contributed by atoms with Crippen LogP contribution in [0.25, 0.3) is 0 Å². The molecule has 2 aromatic carbocycles. The maximum Gasteiger partial charge on any atom is 0.191 e. The minimum atomic E-state index is -3.32. The van der Waals surface area contributed by atoms with Gasteiger partial charge in [0.15, 0.2) is 15.8 Å². The molecule has 0 spiro atoms. The third-order valence-electron chi connectivity index (χ3n) is 3.36. The van der Waals surface area contributed by atoms with Crippen molar-refractivity contribution in [2.45, 2.75) is 11.4 Å². The van der Waals surface area contributed by atoms with Gasteiger partial charge in [-0.3, -0.25) is 4.99 Å². The number of rotatable bonds is 6. The number of nitrogens with zero attached hydrogens (tertiary/aromatic N) is 1. The van der Waals surface area contributed by atoms with Crippen molar-refractivity contribution in [2.24, 2.45) is 4.99 Å². The molecule has 0 aliphatic heterocycles. The Labute approximate surface area is 164 Å². The number of guanidine groups is 1. The van der Waals surface area contributed by atoms with Gasteiger partial charge in [0.25, 0.3) is 0 Å². The largest absolute Gasteiger partial charge is 0.355 e. The molecule has 0 heterocycles. The van der Waals surface area contributed by atoms with Crippen molar-refractivity contribution in [2.75, 3.05) is 19.3 Å². The summed E-state index contributed by atoms with van der Waals surface area (Å²) >= 11 is 0. The Kier molecular flexibility index (Phi) is 8.84. The summed E-state index contributed by atoms with van der Waals surface area (Å²) in [5.41, 5.74) is 0.899. The van der Waals surface area contributed by atoms with Gasteiger partial charge in [-0.1, -0.05) is 30.3 Å². The minimum Gasteiger partial charge on any atom is -0.355 e. The summed E-state index contributed by atoms with van der Waals surface area (Å²) in [5.74, 6) is 0.170. The first kappa shape index (κ1) is 21.4. The van der Waals surface area contributed by atoms with Crippen LogP contribution in [0.4, 0.5) is 4.39 Å². The molecule has 0 saturated carbocycles. The molecule has 0 atom stereocenters. The molecule has 0 aromatic heterocycles. The molecular formula is C17H21FIN3O2S. The molecule has 0 amide bonds. The van der Waals surface area contributed by atoms with E-state index in [1.807, 2.05) is 0 Å². The molecule has 0 saturated heterocycles. The number of halogens is 2. The number of sulfone groups is 1. The van der Waals surface area contributed by atoms with Gasteiger partial charge in [0.1, 0.15) is 5.82 Å². The zero-order chi connectivity index (χ0) is 17.4. The quantitative estimate of drug-likeness (QED) is 0.381. The van der Waals surface area contributed by atoms with Crippen LogP contribution < -0.4 is 10.6 Å². The number of hydrogen-bond acceptors (Lipinski definition) is 3. The van der Waals surface area contributed by atoms with E-state index in [0.29, 0.717) is 17.4 Å². The maximum atomic E-state index is 12.9. The second-order valence-corrected chi connectivity index (χ2v) is 7.22. The van der Waals surface area contributed by atoms with Crippen molar-refractivity contribution >= 4 is 39.8 Å². The average Bonchev–Trinajstić information content (AvgIpc) is 2.60. The first-order valence-corrected chi connectivity index (χ1v) is 9.13. The van der Waals surface area contributed by atoms with Crippen LogP contribution in [0.1, 0.15) is 5.56 Å². The molecule has 0 aliphatic rings. The van der Waals surface area contributed by atoms with Gasteiger partial charge in [-0.2, -0.15) is 0 Å². The summed E-state index contributed by atoms with van der Waals surface area (Å²) in [6, 6.07) is 14.5. The fourth-order valence-corrected chi connectivity index (χ4v) is 3.24. The fraction of sp³-hybridized carbons (Fsp3) is 0.235. The van der Waals surface area contributed by atoms with Crippen LogP contribution in [0.15, 0.2) is 64.5 Å². The first-order valence-electron chi connectivity index (χ1n) is 7.48. The van der Waals surface area contributed by atoms with Crippen LogP contribution in [0.2, 0.25) is 0 Å². The predicted molar refractivity (Wildman–Crippen MR) is 109 cm³/mol. The van der Waals surface area contributed by atoms with Gasteiger partial charge in [0, 0.05) is 20.1 Å². The van der Waals surface area contributed by atoms with Gasteiger partial charge in [-0.05, 0) is 29.8 Å². The minimum absolute atomic E-state index is 0. The topological polar surface area (TPSA) is 70.6 Å². The predicted octanol–water partition coefficient (Wildman–Crippen LogP) is 2.58. The van der Waals surface area contributed by atoms with E-state index in [2.05, 4.69) is 15.6 Å². The molecule has 8 heteroatoms. The molecule has 0 unspecified atom stereocenters. The van der Waals surface area contributed by atoms with E-state index >= 15 is 0 Å². The summed E-state index contributed by atoms with van der Waals surface area (Å²) in [6.07, 6.45) is 0. The molecule has 2 rings (SSSR count). The van der Waals surface area contributed by atoms with Gasteiger partial charge < -0.3 is 10.6 Å². The zero-order valence-electron chi connectivity index (χ0n) is 13.8. The van der Waals surface area contributed by atoms with E-state index in [1.54, 1.807) is 49.5 Å². The molecule has 5 nitrogen and oxygen atoms in total. The standard InChI is InChI=1S/C17H20FN3O2S.HI/c1-19-17(21-13-14-7-9-15(18)10-8-14)20-11-12-24(22,23)16-5-3-2-4-6-16;/h2-10H,11-13H2,1H3,(H2,19,20,21);1H. The lowest BCUT2D eigenvalue weighted by Gasteiger charge is -2.12. The monoisotopic (exact) mass is 477 g/mol. The van der Waals surface area contributed by atoms with Gasteiger partial charge in [-0.15, -0.1) is 24.0 Å². The Bertz CT molecular complexity index is 781. The highest BCUT2D eigenvalue weighted by molar-refractivity contribution is 14.0. The Hall–Kier alpha value is -1.68. The van der Waals surface area contributed by atoms with Crippen LogP contribution in [-0.2, 0) is 16.4 Å². The SMILES string of the molecule is CN=C(NCCS(=O)(=O)c1ccccc1)NCc1ccc(F)cc1.I. The lowest BCUT2D eigenvalue weighted by molar-refractivity contribution is 0.594. The van der Waals surface area contributed by atoms with E-state index in [0.717, 1.165) is 5.56 Å². The first-order chi connectivity index (χ1) is 11.5. The van der Waals surface area contributed by atoms with Gasteiger partial charge in [0.05, 0.1) is 10.6 Å². The molecule has 0 fully saturated rings. The Morgan fingerprint density at radius 1 is 1.04 bits per heavy atom. The summed E-state index contributed by atoms with van der Waals surface area (Å²) in [4.78, 5) is 4.35. The summed E-state index contributed by atoms with van der Waals surface area (Å²) in [6.45, 7) is 0.700. The van der Waals surface area contributed by atoms with Crippen molar-refractivity contribution in [3.8, 4) is 0 Å². The lowest BCUT2D eigenvalue weighted by Crippen LogP contribution is -2.39. The zero-order valence-corrected chi connectivity index (χ0v) is 16.9. The van der Waals surface area contributed by atoms with Crippen molar-refractivity contribution in [1.82, 2.24) is 10.6 Å². The van der Waals surface area contributed by atoms with Crippen molar-refractivity contribution in [3.63, 3.8) is 0 Å². The van der Waals surface area contributed by atoms with E-state index in [9.17, 15) is 12.8 Å². The third kappa shape index (κ3) is 6.99. The molecule has 0 radical (unpaired) electrons. The lowest BCUT2D eigenvalue weighted by atomic mass is 10.2. The highest BCUT2D eigenvalue weighted by Gasteiger charge is 2.13. The second-order valence-electron chi connectivity index (χ2n) is 5.11. The number of benzene rings is 2. The highest BCUT2D eigenvalue weighted by atomic mass is 127. The van der Waals surface area contributed by atoms with Crippen molar-refractivity contribution in [3.05, 3.63) is 66.0 Å². The van der Waals surface area contributed by atoms with Crippen LogP contribution in [0.5, 0.6) is 0 Å². The Morgan fingerprint density at radius 2 is 1.68 bits per heavy atom. The van der Waals surface area contributed by atoms with E-state index in [4.69, 9.17) is 0 Å². The second kappa shape index (κ2) is 10.3. The molecule has 2 aromatic rings. The summed E-state index contributed by atoms with van der Waals surface area (Å²) in [5, 5.41) is 6.02. The van der Waals surface area contributed by atoms with Crippen molar-refractivity contribution < 1.29 is 12.8 Å². The average molecular weight is 477 g/mol. The van der Waals surface area contributed by atoms with Gasteiger partial charge in [0.2, 0.25) is 0 Å². The smallest absolute Gasteiger partial charge is 0.191 e. The molecular weight excluding hydrogens is 456 g/mol. The van der Waals surface area contributed by atoms with Crippen molar-refractivity contribution in [1.29, 1.82) is 0 Å². The molecule has 2 N–H and O–H groups in total. The van der Waals surface area contributed by atoms with Crippen LogP contribution in [-0.4, -0.2) is 33.7 Å². The van der Waals surface area contributed by atoms with E-state index in [-0.39, 0.29) is 42.1 Å². The number of nitrogens with one attached hydrogen (secondary N) is 2. The van der Waals surface area contributed by atoms with Gasteiger partial charge >= 0.3 is 0 Å². The highest BCUT2D eigenvalue weighted by Crippen LogP contribution is 2.09. The normalized spacial score (nSPS) is 11.5. The summed E-state index contributed by atoms with van der Waals surface area (Å²) in [7, 11) is -1.72. The molecule has 136 valence electrons. The van der Waals surface area contributed by atoms with Crippen LogP contribution >= 0.6 is 24.0 Å². The fourth-order valence-electron chi connectivity index (χ4n) is 2.06. The number of hydrogen-bond donors (Lipinski definition) is 2. The van der Waals surface area contributed by atoms with E-state index < -0.39 is 9.84 Å². The van der Waals surface area contributed by atoms with E-state index in [1.165, 1.54) is 12.1 Å². The maximum absolute atomic E-state index is 12.9. The molecule has 0 aliphatic carbocycles. The van der Waals surface area contributed by atoms with Crippen LogP contribution in [0.3, 0.4) is 0 Å². The molecule has 25 heavy (non-hydrogen) atoms. The number of aliphatic imine (C=N–C) groups is 1. The summed E-state index contributed by atoms with van der Waals surface area (Å²) < 4.78 is 37.2. The van der Waals surface area contributed by atoms with Crippen LogP contribution in [0, 0.1) is 5.82 Å². The third-order valence-corrected chi connectivity index (χ3v) is 5.09. The molecule has 0 bridgehead atoms. The Balaban J connectivity index is 0.00000312. The Morgan fingerprint density at radius 3 is 2.28 bits per heavy atom.